The summed E-state index contributed by atoms with van der Waals surface area (Å²) in [6.07, 6.45) is -4.40. The van der Waals surface area contributed by atoms with E-state index in [1.54, 1.807) is 20.2 Å². The maximum Gasteiger partial charge on any atom is 0.416 e. The first-order valence-corrected chi connectivity index (χ1v) is 8.68. The zero-order valence-corrected chi connectivity index (χ0v) is 18.5. The molecule has 0 aliphatic carbocycles. The van der Waals surface area contributed by atoms with Crippen molar-refractivity contribution in [1.82, 2.24) is 15.5 Å². The monoisotopic (exact) mass is 520 g/mol. The molecule has 0 heterocycles. The van der Waals surface area contributed by atoms with Gasteiger partial charge >= 0.3 is 6.18 Å². The molecule has 0 fully saturated rings. The van der Waals surface area contributed by atoms with Gasteiger partial charge in [0.2, 0.25) is 5.91 Å². The van der Waals surface area contributed by atoms with Crippen molar-refractivity contribution in [2.24, 2.45) is 4.99 Å². The molecule has 2 N–H and O–H groups in total. The summed E-state index contributed by atoms with van der Waals surface area (Å²) < 4.78 is 38.6. The van der Waals surface area contributed by atoms with Crippen LogP contribution in [-0.4, -0.2) is 37.4 Å². The van der Waals surface area contributed by atoms with Gasteiger partial charge < -0.3 is 15.5 Å². The molecule has 0 unspecified atom stereocenters. The molecule has 29 heavy (non-hydrogen) atoms. The van der Waals surface area contributed by atoms with Gasteiger partial charge in [-0.3, -0.25) is 4.79 Å². The predicted molar refractivity (Wildman–Crippen MR) is 118 cm³/mol. The number of amides is 1. The molecule has 1 amide bonds. The molecule has 0 spiro atoms. The summed E-state index contributed by atoms with van der Waals surface area (Å²) in [4.78, 5) is 17.6. The number of benzene rings is 2. The van der Waals surface area contributed by atoms with E-state index in [2.05, 4.69) is 15.6 Å². The molecule has 0 saturated carbocycles. The van der Waals surface area contributed by atoms with Gasteiger partial charge in [0.1, 0.15) is 0 Å². The molecule has 9 heteroatoms. The van der Waals surface area contributed by atoms with Crippen molar-refractivity contribution < 1.29 is 18.0 Å². The van der Waals surface area contributed by atoms with Gasteiger partial charge in [0.15, 0.2) is 5.96 Å². The Kier molecular flexibility index (Phi) is 9.93. The third-order valence-corrected chi connectivity index (χ3v) is 3.88. The van der Waals surface area contributed by atoms with Gasteiger partial charge in [-0.2, -0.15) is 13.2 Å². The Labute approximate surface area is 185 Å². The molecule has 0 atom stereocenters. The minimum absolute atomic E-state index is 0. The van der Waals surface area contributed by atoms with Gasteiger partial charge in [-0.05, 0) is 23.3 Å². The van der Waals surface area contributed by atoms with Crippen LogP contribution < -0.4 is 10.6 Å². The normalized spacial score (nSPS) is 11.4. The second-order valence-corrected chi connectivity index (χ2v) is 6.34. The van der Waals surface area contributed by atoms with Crippen LogP contribution in [0.15, 0.2) is 59.6 Å². The Morgan fingerprint density at radius 3 is 2.28 bits per heavy atom. The van der Waals surface area contributed by atoms with Crippen molar-refractivity contribution in [3.05, 3.63) is 71.3 Å². The number of rotatable bonds is 6. The molecular weight excluding hydrogens is 496 g/mol. The lowest BCUT2D eigenvalue weighted by Gasteiger charge is -2.15. The van der Waals surface area contributed by atoms with Gasteiger partial charge in [-0.15, -0.1) is 24.0 Å². The quantitative estimate of drug-likeness (QED) is 0.348. The highest BCUT2D eigenvalue weighted by atomic mass is 127. The zero-order valence-electron chi connectivity index (χ0n) is 16.2. The van der Waals surface area contributed by atoms with E-state index in [9.17, 15) is 18.0 Å². The largest absolute Gasteiger partial charge is 0.416 e. The van der Waals surface area contributed by atoms with Crippen molar-refractivity contribution >= 4 is 35.8 Å². The highest BCUT2D eigenvalue weighted by Crippen LogP contribution is 2.29. The molecule has 158 valence electrons. The van der Waals surface area contributed by atoms with Gasteiger partial charge in [0.05, 0.1) is 18.7 Å². The average molecular weight is 520 g/mol. The fraction of sp³-hybridized carbons (Fsp3) is 0.300. The number of alkyl halides is 3. The Morgan fingerprint density at radius 1 is 1.00 bits per heavy atom. The highest BCUT2D eigenvalue weighted by Gasteiger charge is 2.30. The van der Waals surface area contributed by atoms with Crippen molar-refractivity contribution in [2.75, 3.05) is 20.6 Å². The Hall–Kier alpha value is -2.30. The number of carbonyl (C=O) groups is 1. The summed E-state index contributed by atoms with van der Waals surface area (Å²) in [5.74, 6) is 0.199. The van der Waals surface area contributed by atoms with E-state index in [1.807, 2.05) is 30.3 Å². The van der Waals surface area contributed by atoms with Gasteiger partial charge in [-0.25, -0.2) is 4.99 Å². The fourth-order valence-corrected chi connectivity index (χ4v) is 2.29. The third kappa shape index (κ3) is 8.71. The van der Waals surface area contributed by atoms with Crippen LogP contribution in [0.3, 0.4) is 0 Å². The van der Waals surface area contributed by atoms with Crippen LogP contribution >= 0.6 is 24.0 Å². The number of hydrogen-bond acceptors (Lipinski definition) is 2. The predicted octanol–water partition coefficient (Wildman–Crippen LogP) is 3.65. The van der Waals surface area contributed by atoms with E-state index >= 15 is 0 Å². The van der Waals surface area contributed by atoms with Gasteiger partial charge in [-0.1, -0.05) is 42.5 Å². The van der Waals surface area contributed by atoms with Crippen molar-refractivity contribution in [1.29, 1.82) is 0 Å². The van der Waals surface area contributed by atoms with Crippen LogP contribution in [-0.2, 0) is 24.1 Å². The van der Waals surface area contributed by atoms with Gasteiger partial charge in [0.25, 0.3) is 0 Å². The van der Waals surface area contributed by atoms with E-state index in [0.29, 0.717) is 18.1 Å². The van der Waals surface area contributed by atoms with Crippen LogP contribution in [0.25, 0.3) is 0 Å². The number of aliphatic imine (C=N–C) groups is 1. The lowest BCUT2D eigenvalue weighted by Crippen LogP contribution is -2.42. The molecular formula is C20H24F3IN4O. The number of nitrogens with one attached hydrogen (secondary N) is 2. The molecule has 5 nitrogen and oxygen atoms in total. The number of likely N-dealkylation sites (N-methyl/N-ethyl adjacent to an activating group) is 1. The first kappa shape index (κ1) is 24.7. The number of guanidine groups is 1. The average Bonchev–Trinajstić information content (AvgIpc) is 2.67. The molecule has 0 saturated heterocycles. The second kappa shape index (κ2) is 11.6. The fourth-order valence-electron chi connectivity index (χ4n) is 2.29. The first-order valence-electron chi connectivity index (χ1n) is 8.68. The van der Waals surface area contributed by atoms with Crippen LogP contribution in [0, 0.1) is 0 Å². The first-order chi connectivity index (χ1) is 13.3. The second-order valence-electron chi connectivity index (χ2n) is 6.34. The van der Waals surface area contributed by atoms with Crippen LogP contribution in [0.1, 0.15) is 16.7 Å². The SMILES string of the molecule is CN(C)C(=O)CNC(=NCc1cccc(C(F)(F)F)c1)NCc1ccccc1.I. The van der Waals surface area contributed by atoms with Crippen LogP contribution in [0.2, 0.25) is 0 Å². The number of halogens is 4. The summed E-state index contributed by atoms with van der Waals surface area (Å²) in [6, 6.07) is 14.6. The van der Waals surface area contributed by atoms with E-state index in [0.717, 1.165) is 17.7 Å². The maximum absolute atomic E-state index is 12.9. The molecule has 0 radical (unpaired) electrons. The van der Waals surface area contributed by atoms with E-state index in [4.69, 9.17) is 0 Å². The molecule has 2 rings (SSSR count). The van der Waals surface area contributed by atoms with Gasteiger partial charge in [0, 0.05) is 20.6 Å². The number of nitrogens with zero attached hydrogens (tertiary/aromatic N) is 2. The minimum atomic E-state index is -4.40. The van der Waals surface area contributed by atoms with E-state index in [-0.39, 0.29) is 43.0 Å². The minimum Gasteiger partial charge on any atom is -0.352 e. The number of hydrogen-bond donors (Lipinski definition) is 2. The zero-order chi connectivity index (χ0) is 20.6. The molecule has 0 aliphatic rings. The molecule has 0 bridgehead atoms. The Morgan fingerprint density at radius 2 is 1.66 bits per heavy atom. The summed E-state index contributed by atoms with van der Waals surface area (Å²) >= 11 is 0. The molecule has 2 aromatic rings. The van der Waals surface area contributed by atoms with Crippen LogP contribution in [0.4, 0.5) is 13.2 Å². The summed E-state index contributed by atoms with van der Waals surface area (Å²) in [7, 11) is 3.28. The standard InChI is InChI=1S/C20H23F3N4O.HI/c1-27(2)18(28)14-26-19(24-12-15-7-4-3-5-8-15)25-13-16-9-6-10-17(11-16)20(21,22)23;/h3-11H,12-14H2,1-2H3,(H2,24,25,26);1H. The summed E-state index contributed by atoms with van der Waals surface area (Å²) in [5, 5.41) is 6.00. The molecule has 0 aliphatic heterocycles. The van der Waals surface area contributed by atoms with Crippen molar-refractivity contribution in [3.8, 4) is 0 Å². The summed E-state index contributed by atoms with van der Waals surface area (Å²) in [6.45, 7) is 0.534. The maximum atomic E-state index is 12.9. The molecule has 0 aromatic heterocycles. The smallest absolute Gasteiger partial charge is 0.352 e. The lowest BCUT2D eigenvalue weighted by atomic mass is 10.1. The summed E-state index contributed by atoms with van der Waals surface area (Å²) in [5.41, 5.74) is 0.722. The topological polar surface area (TPSA) is 56.7 Å². The third-order valence-electron chi connectivity index (χ3n) is 3.88. The van der Waals surface area contributed by atoms with Crippen molar-refractivity contribution in [3.63, 3.8) is 0 Å². The lowest BCUT2D eigenvalue weighted by molar-refractivity contribution is -0.137. The highest BCUT2D eigenvalue weighted by molar-refractivity contribution is 14.0. The van der Waals surface area contributed by atoms with Crippen molar-refractivity contribution in [2.45, 2.75) is 19.3 Å². The molecule has 2 aromatic carbocycles. The van der Waals surface area contributed by atoms with Crippen LogP contribution in [0.5, 0.6) is 0 Å². The van der Waals surface area contributed by atoms with E-state index in [1.165, 1.54) is 11.0 Å². The Bertz CT molecular complexity index is 811. The Balaban J connectivity index is 0.00000420. The van der Waals surface area contributed by atoms with E-state index < -0.39 is 11.7 Å². The number of carbonyl (C=O) groups excluding carboxylic acids is 1.